The van der Waals surface area contributed by atoms with E-state index in [4.69, 9.17) is 16.7 Å². The summed E-state index contributed by atoms with van der Waals surface area (Å²) in [5, 5.41) is 17.2. The van der Waals surface area contributed by atoms with Crippen molar-refractivity contribution in [3.8, 4) is 0 Å². The van der Waals surface area contributed by atoms with Crippen LogP contribution in [0.15, 0.2) is 30.6 Å². The molecule has 0 bridgehead atoms. The highest BCUT2D eigenvalue weighted by Gasteiger charge is 2.03. The molecule has 2 rings (SSSR count). The summed E-state index contributed by atoms with van der Waals surface area (Å²) in [6.07, 6.45) is 1.59. The first-order valence-electron chi connectivity index (χ1n) is 4.51. The number of aromatic nitrogens is 3. The van der Waals surface area contributed by atoms with Gasteiger partial charge in [-0.15, -0.1) is 10.2 Å². The van der Waals surface area contributed by atoms with Gasteiger partial charge in [-0.3, -0.25) is 0 Å². The number of halogens is 1. The van der Waals surface area contributed by atoms with Gasteiger partial charge < -0.3 is 9.67 Å². The molecule has 0 aliphatic heterocycles. The van der Waals surface area contributed by atoms with Gasteiger partial charge in [-0.25, -0.2) is 0 Å². The summed E-state index contributed by atoms with van der Waals surface area (Å²) in [7, 11) is 0. The van der Waals surface area contributed by atoms with Crippen LogP contribution in [-0.2, 0) is 13.2 Å². The fourth-order valence-electron chi connectivity index (χ4n) is 1.37. The van der Waals surface area contributed by atoms with Crippen molar-refractivity contribution in [1.82, 2.24) is 14.8 Å². The third kappa shape index (κ3) is 2.34. The van der Waals surface area contributed by atoms with E-state index in [-0.39, 0.29) is 6.61 Å². The predicted octanol–water partition coefficient (Wildman–Crippen LogP) is 1.47. The highest BCUT2D eigenvalue weighted by molar-refractivity contribution is 6.30. The van der Waals surface area contributed by atoms with Crippen molar-refractivity contribution in [3.05, 3.63) is 47.0 Å². The monoisotopic (exact) mass is 223 g/mol. The molecule has 1 heterocycles. The van der Waals surface area contributed by atoms with E-state index >= 15 is 0 Å². The van der Waals surface area contributed by atoms with Crippen molar-refractivity contribution in [2.75, 3.05) is 0 Å². The summed E-state index contributed by atoms with van der Waals surface area (Å²) < 4.78 is 1.78. The number of benzene rings is 1. The van der Waals surface area contributed by atoms with Gasteiger partial charge in [0, 0.05) is 5.02 Å². The first kappa shape index (κ1) is 10.1. The van der Waals surface area contributed by atoms with E-state index in [0.29, 0.717) is 17.4 Å². The number of aliphatic hydroxyl groups excluding tert-OH is 1. The van der Waals surface area contributed by atoms with Crippen molar-refractivity contribution < 1.29 is 5.11 Å². The summed E-state index contributed by atoms with van der Waals surface area (Å²) in [6.45, 7) is 0.504. The van der Waals surface area contributed by atoms with Gasteiger partial charge in [0.15, 0.2) is 5.82 Å². The molecule has 1 N–H and O–H groups in total. The quantitative estimate of drug-likeness (QED) is 0.858. The summed E-state index contributed by atoms with van der Waals surface area (Å²) in [5.74, 6) is 0.551. The van der Waals surface area contributed by atoms with Crippen LogP contribution < -0.4 is 0 Å². The zero-order valence-electron chi connectivity index (χ0n) is 7.97. The van der Waals surface area contributed by atoms with E-state index in [0.717, 1.165) is 5.56 Å². The normalized spacial score (nSPS) is 10.5. The zero-order valence-corrected chi connectivity index (χ0v) is 8.72. The molecule has 0 saturated carbocycles. The minimum atomic E-state index is -0.111. The van der Waals surface area contributed by atoms with Crippen molar-refractivity contribution in [2.45, 2.75) is 13.2 Å². The molecule has 0 atom stereocenters. The Labute approximate surface area is 92.1 Å². The van der Waals surface area contributed by atoms with Gasteiger partial charge in [-0.2, -0.15) is 0 Å². The lowest BCUT2D eigenvalue weighted by Gasteiger charge is -2.04. The van der Waals surface area contributed by atoms with E-state index < -0.39 is 0 Å². The Morgan fingerprint density at radius 1 is 1.40 bits per heavy atom. The third-order valence-corrected chi connectivity index (χ3v) is 2.31. The molecule has 0 radical (unpaired) electrons. The van der Waals surface area contributed by atoms with Crippen molar-refractivity contribution in [1.29, 1.82) is 0 Å². The van der Waals surface area contributed by atoms with Gasteiger partial charge in [0.05, 0.1) is 6.54 Å². The molecule has 2 aromatic rings. The lowest BCUT2D eigenvalue weighted by atomic mass is 10.2. The second-order valence-corrected chi connectivity index (χ2v) is 3.60. The molecule has 0 unspecified atom stereocenters. The van der Waals surface area contributed by atoms with Crippen LogP contribution in [0.25, 0.3) is 0 Å². The first-order valence-corrected chi connectivity index (χ1v) is 4.89. The lowest BCUT2D eigenvalue weighted by Crippen LogP contribution is -2.03. The van der Waals surface area contributed by atoms with E-state index in [9.17, 15) is 0 Å². The Morgan fingerprint density at radius 2 is 2.27 bits per heavy atom. The Morgan fingerprint density at radius 3 is 3.00 bits per heavy atom. The number of nitrogens with zero attached hydrogens (tertiary/aromatic N) is 3. The summed E-state index contributed by atoms with van der Waals surface area (Å²) >= 11 is 5.87. The van der Waals surface area contributed by atoms with E-state index in [2.05, 4.69) is 10.2 Å². The third-order valence-electron chi connectivity index (χ3n) is 2.08. The fraction of sp³-hybridized carbons (Fsp3) is 0.200. The molecule has 0 aliphatic carbocycles. The van der Waals surface area contributed by atoms with E-state index in [1.54, 1.807) is 10.9 Å². The second kappa shape index (κ2) is 4.42. The number of hydrogen-bond donors (Lipinski definition) is 1. The highest BCUT2D eigenvalue weighted by atomic mass is 35.5. The summed E-state index contributed by atoms with van der Waals surface area (Å²) in [6, 6.07) is 7.56. The van der Waals surface area contributed by atoms with Gasteiger partial charge in [0.25, 0.3) is 0 Å². The maximum atomic E-state index is 8.99. The summed E-state index contributed by atoms with van der Waals surface area (Å²) in [4.78, 5) is 0. The van der Waals surface area contributed by atoms with Crippen LogP contribution in [-0.4, -0.2) is 19.9 Å². The minimum absolute atomic E-state index is 0.111. The Balaban J connectivity index is 2.22. The Bertz CT molecular complexity index is 455. The molecule has 4 nitrogen and oxygen atoms in total. The van der Waals surface area contributed by atoms with Gasteiger partial charge in [-0.1, -0.05) is 23.7 Å². The lowest BCUT2D eigenvalue weighted by molar-refractivity contribution is 0.265. The smallest absolute Gasteiger partial charge is 0.158 e. The van der Waals surface area contributed by atoms with E-state index in [1.807, 2.05) is 24.3 Å². The van der Waals surface area contributed by atoms with Crippen LogP contribution in [0.1, 0.15) is 11.4 Å². The fourth-order valence-corrected chi connectivity index (χ4v) is 1.58. The van der Waals surface area contributed by atoms with Crippen LogP contribution >= 0.6 is 11.6 Å². The standard InChI is InChI=1S/C10H10ClN3O/c11-9-3-1-2-8(4-9)5-14-7-12-13-10(14)6-15/h1-4,7,15H,5-6H2. The SMILES string of the molecule is OCc1nncn1Cc1cccc(Cl)c1. The van der Waals surface area contributed by atoms with Gasteiger partial charge in [-0.05, 0) is 17.7 Å². The highest BCUT2D eigenvalue weighted by Crippen LogP contribution is 2.12. The Kier molecular flexibility index (Phi) is 2.99. The molecule has 0 saturated heterocycles. The molecule has 5 heteroatoms. The van der Waals surface area contributed by atoms with Crippen molar-refractivity contribution in [2.24, 2.45) is 0 Å². The van der Waals surface area contributed by atoms with Gasteiger partial charge in [0.1, 0.15) is 12.9 Å². The van der Waals surface area contributed by atoms with Crippen LogP contribution in [0.5, 0.6) is 0 Å². The first-order chi connectivity index (χ1) is 7.29. The Hall–Kier alpha value is -1.39. The van der Waals surface area contributed by atoms with Crippen LogP contribution in [0, 0.1) is 0 Å². The molecule has 0 amide bonds. The van der Waals surface area contributed by atoms with Crippen LogP contribution in [0.4, 0.5) is 0 Å². The predicted molar refractivity (Wildman–Crippen MR) is 56.5 cm³/mol. The maximum absolute atomic E-state index is 8.99. The molecule has 0 aliphatic rings. The molecule has 0 fully saturated rings. The minimum Gasteiger partial charge on any atom is -0.388 e. The number of rotatable bonds is 3. The van der Waals surface area contributed by atoms with Crippen LogP contribution in [0.3, 0.4) is 0 Å². The van der Waals surface area contributed by atoms with Gasteiger partial charge in [0.2, 0.25) is 0 Å². The molecular weight excluding hydrogens is 214 g/mol. The van der Waals surface area contributed by atoms with Crippen molar-refractivity contribution >= 4 is 11.6 Å². The number of hydrogen-bond acceptors (Lipinski definition) is 3. The average Bonchev–Trinajstić information content (AvgIpc) is 2.65. The molecule has 1 aromatic carbocycles. The summed E-state index contributed by atoms with van der Waals surface area (Å²) in [5.41, 5.74) is 1.05. The molecule has 15 heavy (non-hydrogen) atoms. The zero-order chi connectivity index (χ0) is 10.7. The topological polar surface area (TPSA) is 50.9 Å². The second-order valence-electron chi connectivity index (χ2n) is 3.16. The van der Waals surface area contributed by atoms with Crippen LogP contribution in [0.2, 0.25) is 5.02 Å². The largest absolute Gasteiger partial charge is 0.388 e. The number of aliphatic hydroxyl groups is 1. The molecule has 0 spiro atoms. The molecule has 1 aromatic heterocycles. The molecule has 78 valence electrons. The molecular formula is C10H10ClN3O. The van der Waals surface area contributed by atoms with Gasteiger partial charge >= 0.3 is 0 Å². The maximum Gasteiger partial charge on any atom is 0.158 e. The van der Waals surface area contributed by atoms with Crippen molar-refractivity contribution in [3.63, 3.8) is 0 Å². The van der Waals surface area contributed by atoms with E-state index in [1.165, 1.54) is 0 Å². The average molecular weight is 224 g/mol.